The SMILES string of the molecule is COC1OC(C)(C)C=CC1(C)C. The molecule has 0 bridgehead atoms. The van der Waals surface area contributed by atoms with Crippen molar-refractivity contribution >= 4 is 0 Å². The van der Waals surface area contributed by atoms with Crippen LogP contribution in [-0.2, 0) is 9.47 Å². The molecule has 0 aromatic carbocycles. The van der Waals surface area contributed by atoms with E-state index < -0.39 is 0 Å². The molecule has 0 fully saturated rings. The van der Waals surface area contributed by atoms with Gasteiger partial charge in [0.1, 0.15) is 0 Å². The topological polar surface area (TPSA) is 18.5 Å². The van der Waals surface area contributed by atoms with Gasteiger partial charge >= 0.3 is 0 Å². The first-order valence-electron chi connectivity index (χ1n) is 4.28. The van der Waals surface area contributed by atoms with Crippen LogP contribution >= 0.6 is 0 Å². The van der Waals surface area contributed by atoms with E-state index >= 15 is 0 Å². The largest absolute Gasteiger partial charge is 0.355 e. The Morgan fingerprint density at radius 1 is 1.17 bits per heavy atom. The lowest BCUT2D eigenvalue weighted by Crippen LogP contribution is -2.42. The van der Waals surface area contributed by atoms with Crippen molar-refractivity contribution < 1.29 is 9.47 Å². The predicted molar refractivity (Wildman–Crippen MR) is 48.9 cm³/mol. The Balaban J connectivity index is 2.84. The van der Waals surface area contributed by atoms with Gasteiger partial charge in [-0.15, -0.1) is 0 Å². The number of ether oxygens (including phenoxy) is 2. The van der Waals surface area contributed by atoms with Gasteiger partial charge in [0.15, 0.2) is 6.29 Å². The zero-order valence-electron chi connectivity index (χ0n) is 8.55. The van der Waals surface area contributed by atoms with E-state index in [1.165, 1.54) is 0 Å². The first kappa shape index (κ1) is 9.75. The maximum absolute atomic E-state index is 5.73. The molecule has 0 aliphatic carbocycles. The molecule has 0 saturated carbocycles. The first-order chi connectivity index (χ1) is 5.37. The molecule has 12 heavy (non-hydrogen) atoms. The summed E-state index contributed by atoms with van der Waals surface area (Å²) in [5.74, 6) is 0. The molecule has 2 nitrogen and oxygen atoms in total. The number of hydrogen-bond acceptors (Lipinski definition) is 2. The normalized spacial score (nSPS) is 31.9. The molecule has 0 aromatic heterocycles. The fraction of sp³-hybridized carbons (Fsp3) is 0.800. The number of methoxy groups -OCH3 is 1. The van der Waals surface area contributed by atoms with Gasteiger partial charge in [-0.25, -0.2) is 0 Å². The van der Waals surface area contributed by atoms with Crippen LogP contribution in [0.2, 0.25) is 0 Å². The molecule has 0 spiro atoms. The molecule has 1 heterocycles. The average molecular weight is 170 g/mol. The van der Waals surface area contributed by atoms with Gasteiger partial charge in [0.25, 0.3) is 0 Å². The number of hydrogen-bond donors (Lipinski definition) is 0. The van der Waals surface area contributed by atoms with Gasteiger partial charge in [0.2, 0.25) is 0 Å². The van der Waals surface area contributed by atoms with Gasteiger partial charge < -0.3 is 9.47 Å². The van der Waals surface area contributed by atoms with Gasteiger partial charge in [-0.2, -0.15) is 0 Å². The lowest BCUT2D eigenvalue weighted by molar-refractivity contribution is -0.219. The first-order valence-corrected chi connectivity index (χ1v) is 4.28. The summed E-state index contributed by atoms with van der Waals surface area (Å²) < 4.78 is 11.0. The van der Waals surface area contributed by atoms with Crippen LogP contribution in [0.25, 0.3) is 0 Å². The highest BCUT2D eigenvalue weighted by Gasteiger charge is 2.36. The molecule has 0 saturated heterocycles. The second-order valence-corrected chi connectivity index (χ2v) is 4.44. The van der Waals surface area contributed by atoms with Crippen LogP contribution in [0.3, 0.4) is 0 Å². The quantitative estimate of drug-likeness (QED) is 0.562. The summed E-state index contributed by atoms with van der Waals surface area (Å²) in [6, 6.07) is 0. The lowest BCUT2D eigenvalue weighted by Gasteiger charge is -2.40. The molecule has 1 rings (SSSR count). The van der Waals surface area contributed by atoms with Crippen molar-refractivity contribution in [1.29, 1.82) is 0 Å². The van der Waals surface area contributed by atoms with Crippen LogP contribution < -0.4 is 0 Å². The molecule has 1 aliphatic rings. The van der Waals surface area contributed by atoms with E-state index in [0.29, 0.717) is 0 Å². The molecule has 1 unspecified atom stereocenters. The van der Waals surface area contributed by atoms with Gasteiger partial charge in [-0.05, 0) is 13.8 Å². The van der Waals surface area contributed by atoms with Crippen molar-refractivity contribution in [3.63, 3.8) is 0 Å². The van der Waals surface area contributed by atoms with Crippen molar-refractivity contribution in [3.8, 4) is 0 Å². The molecule has 70 valence electrons. The van der Waals surface area contributed by atoms with E-state index in [9.17, 15) is 0 Å². The Hall–Kier alpha value is -0.340. The molecule has 0 amide bonds. The van der Waals surface area contributed by atoms with E-state index in [1.807, 2.05) is 13.8 Å². The minimum Gasteiger partial charge on any atom is -0.355 e. The molecule has 1 atom stereocenters. The Bertz CT molecular complexity index is 192. The smallest absolute Gasteiger partial charge is 0.166 e. The Morgan fingerprint density at radius 3 is 2.17 bits per heavy atom. The fourth-order valence-electron chi connectivity index (χ4n) is 1.31. The molecule has 1 aliphatic heterocycles. The summed E-state index contributed by atoms with van der Waals surface area (Å²) in [7, 11) is 1.68. The zero-order chi connectivity index (χ0) is 9.41. The van der Waals surface area contributed by atoms with Crippen LogP contribution in [0.15, 0.2) is 12.2 Å². The van der Waals surface area contributed by atoms with Gasteiger partial charge in [-0.3, -0.25) is 0 Å². The summed E-state index contributed by atoms with van der Waals surface area (Å²) in [6.07, 6.45) is 4.10. The molecule has 0 N–H and O–H groups in total. The Labute approximate surface area is 74.6 Å². The molecule has 0 radical (unpaired) electrons. The van der Waals surface area contributed by atoms with Crippen LogP contribution in [0.4, 0.5) is 0 Å². The Morgan fingerprint density at radius 2 is 1.75 bits per heavy atom. The van der Waals surface area contributed by atoms with E-state index in [-0.39, 0.29) is 17.3 Å². The monoisotopic (exact) mass is 170 g/mol. The highest BCUT2D eigenvalue weighted by atomic mass is 16.7. The summed E-state index contributed by atoms with van der Waals surface area (Å²) in [4.78, 5) is 0. The van der Waals surface area contributed by atoms with Crippen molar-refractivity contribution in [3.05, 3.63) is 12.2 Å². The fourth-order valence-corrected chi connectivity index (χ4v) is 1.31. The molecular formula is C10H18O2. The minimum atomic E-state index is -0.198. The van der Waals surface area contributed by atoms with Crippen LogP contribution in [0.5, 0.6) is 0 Å². The minimum absolute atomic E-state index is 0.0235. The third-order valence-electron chi connectivity index (χ3n) is 2.15. The van der Waals surface area contributed by atoms with E-state index in [2.05, 4.69) is 26.0 Å². The summed E-state index contributed by atoms with van der Waals surface area (Å²) >= 11 is 0. The second-order valence-electron chi connectivity index (χ2n) is 4.44. The van der Waals surface area contributed by atoms with Crippen LogP contribution in [-0.4, -0.2) is 19.0 Å². The van der Waals surface area contributed by atoms with Crippen LogP contribution in [0.1, 0.15) is 27.7 Å². The zero-order valence-corrected chi connectivity index (χ0v) is 8.55. The average Bonchev–Trinajstić information content (AvgIpc) is 1.95. The van der Waals surface area contributed by atoms with Crippen molar-refractivity contribution in [2.75, 3.05) is 7.11 Å². The highest BCUT2D eigenvalue weighted by molar-refractivity contribution is 5.08. The van der Waals surface area contributed by atoms with Crippen LogP contribution in [0, 0.1) is 5.41 Å². The van der Waals surface area contributed by atoms with Gasteiger partial charge in [0.05, 0.1) is 5.60 Å². The molecular weight excluding hydrogens is 152 g/mol. The standard InChI is InChI=1S/C10H18O2/c1-9(2)6-7-10(3,4)12-8(9)11-5/h6-8H,1-5H3. The lowest BCUT2D eigenvalue weighted by atomic mass is 9.87. The molecule has 0 aromatic rings. The Kier molecular flexibility index (Phi) is 2.32. The van der Waals surface area contributed by atoms with Crippen molar-refractivity contribution in [1.82, 2.24) is 0 Å². The summed E-state index contributed by atoms with van der Waals surface area (Å²) in [5, 5.41) is 0. The van der Waals surface area contributed by atoms with Crippen molar-refractivity contribution in [2.24, 2.45) is 5.41 Å². The summed E-state index contributed by atoms with van der Waals surface area (Å²) in [5.41, 5.74) is -0.222. The third kappa shape index (κ3) is 1.87. The van der Waals surface area contributed by atoms with E-state index in [0.717, 1.165) is 0 Å². The van der Waals surface area contributed by atoms with E-state index in [1.54, 1.807) is 7.11 Å². The van der Waals surface area contributed by atoms with E-state index in [4.69, 9.17) is 9.47 Å². The maximum Gasteiger partial charge on any atom is 0.166 e. The maximum atomic E-state index is 5.73. The highest BCUT2D eigenvalue weighted by Crippen LogP contribution is 2.34. The molecule has 2 heteroatoms. The summed E-state index contributed by atoms with van der Waals surface area (Å²) in [6.45, 7) is 8.27. The number of rotatable bonds is 1. The second kappa shape index (κ2) is 2.86. The predicted octanol–water partition coefficient (Wildman–Crippen LogP) is 2.35. The van der Waals surface area contributed by atoms with Crippen molar-refractivity contribution in [2.45, 2.75) is 39.6 Å². The van der Waals surface area contributed by atoms with Gasteiger partial charge in [-0.1, -0.05) is 26.0 Å². The third-order valence-corrected chi connectivity index (χ3v) is 2.15. The van der Waals surface area contributed by atoms with Gasteiger partial charge in [0, 0.05) is 12.5 Å².